The fraction of sp³-hybridized carbons (Fsp3) is 0.737. The number of cyclic esters (lactones) is 1. The number of carbonyl (C=O) groups is 5. The first kappa shape index (κ1) is 60.9. The largest absolute Gasteiger partial charge is 0.460 e. The number of benzene rings is 1. The molecule has 75 heavy (non-hydrogen) atoms. The van der Waals surface area contributed by atoms with E-state index < -0.39 is 95.9 Å². The van der Waals surface area contributed by atoms with Gasteiger partial charge in [0.15, 0.2) is 5.78 Å². The zero-order valence-electron chi connectivity index (χ0n) is 45.7. The van der Waals surface area contributed by atoms with Crippen LogP contribution in [0.3, 0.4) is 0 Å². The van der Waals surface area contributed by atoms with E-state index in [0.29, 0.717) is 78.6 Å². The number of allylic oxidation sites excluding steroid dienone is 1. The highest BCUT2D eigenvalue weighted by atomic mass is 35.5. The first-order chi connectivity index (χ1) is 35.6. The van der Waals surface area contributed by atoms with Crippen LogP contribution in [-0.4, -0.2) is 144 Å². The third-order valence-corrected chi connectivity index (χ3v) is 17.7. The molecule has 1 aliphatic carbocycles. The number of carbonyl (C=O) groups excluding carboxylic acids is 5. The number of Topliss-reactive ketones (excluding diaryl/α,β-unsaturated/α-hetero) is 3. The number of rotatable bonds is 22. The Morgan fingerprint density at radius 1 is 0.960 bits per heavy atom. The molecule has 3 unspecified atom stereocenters. The lowest BCUT2D eigenvalue weighted by atomic mass is 9.68. The average Bonchev–Trinajstić information content (AvgIpc) is 3.37. The van der Waals surface area contributed by atoms with E-state index in [1.54, 1.807) is 59.3 Å². The summed E-state index contributed by atoms with van der Waals surface area (Å²) < 4.78 is 29.4. The van der Waals surface area contributed by atoms with Gasteiger partial charge in [0.1, 0.15) is 41.9 Å². The molecule has 0 aromatic heterocycles. The highest BCUT2D eigenvalue weighted by Gasteiger charge is 2.57. The Balaban J connectivity index is 1.18. The number of piperidine rings is 1. The van der Waals surface area contributed by atoms with Gasteiger partial charge in [0.25, 0.3) is 11.7 Å². The molecule has 6 rings (SSSR count). The third-order valence-electron chi connectivity index (χ3n) is 17.1. The van der Waals surface area contributed by atoms with Gasteiger partial charge in [-0.15, -0.1) is 0 Å². The summed E-state index contributed by atoms with van der Waals surface area (Å²) in [6.07, 6.45) is 5.60. The van der Waals surface area contributed by atoms with Gasteiger partial charge < -0.3 is 43.9 Å². The fourth-order valence-corrected chi connectivity index (χ4v) is 13.3. The monoisotopic (exact) mass is 1090 g/mol. The number of anilines is 1. The van der Waals surface area contributed by atoms with Crippen LogP contribution in [0.5, 0.6) is 0 Å². The fourth-order valence-electron chi connectivity index (χ4n) is 12.7. The smallest absolute Gasteiger partial charge is 0.329 e. The second-order valence-corrected chi connectivity index (χ2v) is 23.1. The van der Waals surface area contributed by atoms with Gasteiger partial charge in [0, 0.05) is 58.5 Å². The zero-order valence-corrected chi connectivity index (χ0v) is 47.2. The number of esters is 1. The number of aliphatic hydroxyl groups excluding tert-OH is 2. The van der Waals surface area contributed by atoms with Gasteiger partial charge in [-0.1, -0.05) is 75.5 Å². The second-order valence-electron chi connectivity index (χ2n) is 22.3. The second kappa shape index (κ2) is 27.0. The maximum atomic E-state index is 14.7. The molecule has 0 radical (unpaired) electrons. The van der Waals surface area contributed by atoms with Crippen molar-refractivity contribution in [2.75, 3.05) is 32.9 Å². The molecule has 5 aliphatic rings. The molecular formula is C57H84Cl2N2O14. The summed E-state index contributed by atoms with van der Waals surface area (Å²) in [5, 5.41) is 36.6. The van der Waals surface area contributed by atoms with Gasteiger partial charge in [0.05, 0.1) is 40.5 Å². The number of hydroxylamine groups is 1. The van der Waals surface area contributed by atoms with E-state index in [2.05, 4.69) is 13.8 Å². The lowest BCUT2D eigenvalue weighted by molar-refractivity contribution is -0.266. The van der Waals surface area contributed by atoms with Gasteiger partial charge in [0.2, 0.25) is 5.79 Å². The maximum absolute atomic E-state index is 14.7. The van der Waals surface area contributed by atoms with Crippen LogP contribution in [0, 0.1) is 35.5 Å². The number of ketones is 3. The summed E-state index contributed by atoms with van der Waals surface area (Å²) in [5.41, 5.74) is 1.87. The Kier molecular flexibility index (Phi) is 22.0. The van der Waals surface area contributed by atoms with Crippen LogP contribution in [-0.2, 0) is 52.5 Å². The molecule has 1 saturated carbocycles. The van der Waals surface area contributed by atoms with Crippen molar-refractivity contribution < 1.29 is 67.8 Å². The molecule has 0 spiro atoms. The molecule has 16 nitrogen and oxygen atoms in total. The SMILES string of the molecule is CCC[C@H](C)C1CCC(/C=C(\C)[C@H](C[C@@H]2CC[C@@H](C)[C@](O)(C(=O)C(=O)N3CCCC4[C@H]3C(=O)O[C@@H](CC(=O)[C@H](C)/C=C(\C)[C@@H](O)[C@@H](OC)C(C)=O)[C@H]4C[C@@H]3CC[C@@H](O)[C@H](OC)C3)O2)OC)ON1c1c(Cl)cccc1Cl. The summed E-state index contributed by atoms with van der Waals surface area (Å²) in [5.74, 6) is -8.10. The van der Waals surface area contributed by atoms with Gasteiger partial charge in [-0.2, -0.15) is 0 Å². The standard InChI is InChI=1S/C57H84Cl2N2O14/c1-11-14-31(2)44-22-21-39(75-61(44)51-42(58)16-12-17-43(51)59)26-33(4)47(70-8)29-38-20-18-35(6)57(69,74-38)54(66)55(67)60-24-13-15-40-41(27-37-19-23-45(63)49(28-37)71-9)48(73-56(68)50(40)60)30-46(64)32(3)25-34(5)52(65)53(72-10)36(7)62/h12,16-17,25-26,31-32,35,37-41,44-45,47-50,52-53,63,65,69H,11,13-15,18-24,27-30H2,1-10H3/b33-26+,34-25+/t31-,32+,35+,37-,38-,39?,40?,41-,44?,45+,47-,48-,49+,50-,52+,53-,57+/m0/s1. The molecule has 18 heteroatoms. The van der Waals surface area contributed by atoms with Crippen LogP contribution in [0.4, 0.5) is 5.69 Å². The molecule has 3 N–H and O–H groups in total. The summed E-state index contributed by atoms with van der Waals surface area (Å²) >= 11 is 13.5. The number of halogens is 2. The average molecular weight is 1090 g/mol. The van der Waals surface area contributed by atoms with Crippen molar-refractivity contribution in [3.63, 3.8) is 0 Å². The molecule has 1 aromatic carbocycles. The van der Waals surface area contributed by atoms with E-state index >= 15 is 0 Å². The predicted molar refractivity (Wildman–Crippen MR) is 284 cm³/mol. The van der Waals surface area contributed by atoms with E-state index in [0.717, 1.165) is 31.3 Å². The van der Waals surface area contributed by atoms with Crippen LogP contribution < -0.4 is 5.06 Å². The molecule has 1 amide bonds. The van der Waals surface area contributed by atoms with Crippen molar-refractivity contribution in [2.45, 2.75) is 205 Å². The molecule has 420 valence electrons. The third kappa shape index (κ3) is 14.1. The number of hydrogen-bond acceptors (Lipinski definition) is 15. The highest BCUT2D eigenvalue weighted by Crippen LogP contribution is 2.46. The molecule has 1 aromatic rings. The normalized spacial score (nSPS) is 32.9. The minimum absolute atomic E-state index is 0.0333. The van der Waals surface area contributed by atoms with E-state index in [9.17, 15) is 39.3 Å². The highest BCUT2D eigenvalue weighted by molar-refractivity contribution is 6.39. The molecule has 4 aliphatic heterocycles. The number of amides is 1. The van der Waals surface area contributed by atoms with E-state index in [1.807, 2.05) is 18.1 Å². The Morgan fingerprint density at radius 2 is 1.67 bits per heavy atom. The van der Waals surface area contributed by atoms with E-state index in [1.165, 1.54) is 18.9 Å². The Hall–Kier alpha value is -3.29. The van der Waals surface area contributed by atoms with Crippen molar-refractivity contribution in [2.24, 2.45) is 35.5 Å². The summed E-state index contributed by atoms with van der Waals surface area (Å²) in [6, 6.07) is 4.30. The van der Waals surface area contributed by atoms with Crippen molar-refractivity contribution in [1.82, 2.24) is 4.90 Å². The first-order valence-corrected chi connectivity index (χ1v) is 28.0. The van der Waals surface area contributed by atoms with Crippen molar-refractivity contribution in [1.29, 1.82) is 0 Å². The lowest BCUT2D eigenvalue weighted by Gasteiger charge is -2.50. The van der Waals surface area contributed by atoms with Gasteiger partial charge in [-0.25, -0.2) is 9.86 Å². The summed E-state index contributed by atoms with van der Waals surface area (Å²) in [4.78, 5) is 77.7. The Bertz CT molecular complexity index is 2210. The molecular weight excluding hydrogens is 1010 g/mol. The van der Waals surface area contributed by atoms with E-state index in [-0.39, 0.29) is 49.0 Å². The molecule has 0 bridgehead atoms. The minimum atomic E-state index is -2.50. The number of likely N-dealkylation sites (tertiary alicyclic amines) is 1. The van der Waals surface area contributed by atoms with Crippen LogP contribution in [0.1, 0.15) is 138 Å². The summed E-state index contributed by atoms with van der Waals surface area (Å²) in [6.45, 7) is 12.7. The quantitative estimate of drug-likeness (QED) is 0.0567. The molecule has 17 atom stereocenters. The molecule has 5 fully saturated rings. The number of ether oxygens (including phenoxy) is 5. The summed E-state index contributed by atoms with van der Waals surface area (Å²) in [7, 11) is 4.47. The van der Waals surface area contributed by atoms with Gasteiger partial charge in [-0.3, -0.25) is 24.0 Å². The van der Waals surface area contributed by atoms with Crippen molar-refractivity contribution in [3.05, 3.63) is 51.5 Å². The van der Waals surface area contributed by atoms with Crippen LogP contribution in [0.2, 0.25) is 10.0 Å². The molecule has 4 heterocycles. The number of methoxy groups -OCH3 is 3. The number of para-hydroxylation sites is 1. The van der Waals surface area contributed by atoms with Crippen LogP contribution >= 0.6 is 23.2 Å². The van der Waals surface area contributed by atoms with E-state index in [4.69, 9.17) is 51.7 Å². The van der Waals surface area contributed by atoms with Crippen LogP contribution in [0.15, 0.2) is 41.5 Å². The number of aliphatic hydroxyl groups is 3. The zero-order chi connectivity index (χ0) is 55.1. The first-order valence-electron chi connectivity index (χ1n) is 27.3. The predicted octanol–water partition coefficient (Wildman–Crippen LogP) is 8.34. The van der Waals surface area contributed by atoms with Gasteiger partial charge >= 0.3 is 5.97 Å². The minimum Gasteiger partial charge on any atom is -0.460 e. The maximum Gasteiger partial charge on any atom is 0.329 e. The Morgan fingerprint density at radius 3 is 2.31 bits per heavy atom. The molecule has 4 saturated heterocycles. The van der Waals surface area contributed by atoms with Crippen molar-refractivity contribution >= 4 is 58.1 Å². The van der Waals surface area contributed by atoms with Crippen LogP contribution in [0.25, 0.3) is 0 Å². The van der Waals surface area contributed by atoms with Crippen molar-refractivity contribution in [3.8, 4) is 0 Å². The number of nitrogens with zero attached hydrogens (tertiary/aromatic N) is 2. The number of hydrogen-bond donors (Lipinski definition) is 3. The Labute approximate surface area is 454 Å². The lowest BCUT2D eigenvalue weighted by Crippen LogP contribution is -2.65. The van der Waals surface area contributed by atoms with Gasteiger partial charge in [-0.05, 0) is 132 Å². The number of fused-ring (bicyclic) bond motifs is 1. The topological polar surface area (TPSA) is 208 Å².